The van der Waals surface area contributed by atoms with Gasteiger partial charge in [0.2, 0.25) is 5.56 Å². The Morgan fingerprint density at radius 3 is 2.44 bits per heavy atom. The molecule has 2 aromatic heterocycles. The van der Waals surface area contributed by atoms with Crippen molar-refractivity contribution in [3.8, 4) is 23.0 Å². The molecule has 0 radical (unpaired) electrons. The first kappa shape index (κ1) is 18.6. The van der Waals surface area contributed by atoms with Crippen molar-refractivity contribution in [2.45, 2.75) is 5.03 Å². The van der Waals surface area contributed by atoms with E-state index in [9.17, 15) is 22.0 Å². The van der Waals surface area contributed by atoms with Crippen LogP contribution in [0, 0.1) is 11.6 Å². The molecular weight excluding hydrogens is 380 g/mol. The number of hydrogen-bond acceptors (Lipinski definition) is 6. The zero-order chi connectivity index (χ0) is 19.8. The number of rotatable bonds is 4. The predicted octanol–water partition coefficient (Wildman–Crippen LogP) is 2.32. The predicted molar refractivity (Wildman–Crippen MR) is 92.3 cm³/mol. The van der Waals surface area contributed by atoms with Crippen molar-refractivity contribution < 1.29 is 21.9 Å². The number of halogens is 2. The molecule has 0 fully saturated rings. The summed E-state index contributed by atoms with van der Waals surface area (Å²) in [6.45, 7) is 0. The maximum absolute atomic E-state index is 13.8. The summed E-state index contributed by atoms with van der Waals surface area (Å²) < 4.78 is 57.2. The van der Waals surface area contributed by atoms with Gasteiger partial charge in [-0.25, -0.2) is 17.2 Å². The standard InChI is InChI=1S/C17H13F2N3O4S/c1-22-9-10(3-6-16(22)23)13-8-15(27(2,24)25)21-17(20-13)26-14-5-4-11(18)7-12(14)19/h3-9H,1-2H3. The number of pyridine rings is 1. The molecule has 0 bridgehead atoms. The van der Waals surface area contributed by atoms with E-state index >= 15 is 0 Å². The van der Waals surface area contributed by atoms with Gasteiger partial charge in [-0.2, -0.15) is 9.97 Å². The lowest BCUT2D eigenvalue weighted by atomic mass is 10.2. The first-order valence-electron chi connectivity index (χ1n) is 7.52. The van der Waals surface area contributed by atoms with Crippen LogP contribution >= 0.6 is 0 Å². The minimum atomic E-state index is -3.74. The Balaban J connectivity index is 2.13. The van der Waals surface area contributed by atoms with Crippen LogP contribution < -0.4 is 10.3 Å². The van der Waals surface area contributed by atoms with Gasteiger partial charge < -0.3 is 9.30 Å². The van der Waals surface area contributed by atoms with Crippen LogP contribution in [0.3, 0.4) is 0 Å². The quantitative estimate of drug-likeness (QED) is 0.632. The van der Waals surface area contributed by atoms with Crippen LogP contribution in [0.1, 0.15) is 0 Å². The summed E-state index contributed by atoms with van der Waals surface area (Å²) in [6, 6.07) is 6.15. The van der Waals surface area contributed by atoms with Crippen molar-refractivity contribution in [3.63, 3.8) is 0 Å². The summed E-state index contributed by atoms with van der Waals surface area (Å²) in [5.74, 6) is -2.16. The molecule has 2 heterocycles. The normalized spacial score (nSPS) is 11.4. The molecule has 0 saturated heterocycles. The summed E-state index contributed by atoms with van der Waals surface area (Å²) in [7, 11) is -2.21. The summed E-state index contributed by atoms with van der Waals surface area (Å²) in [6.07, 6.45) is 2.40. The fourth-order valence-electron chi connectivity index (χ4n) is 2.19. The number of benzene rings is 1. The molecule has 1 aromatic carbocycles. The monoisotopic (exact) mass is 393 g/mol. The van der Waals surface area contributed by atoms with E-state index in [0.717, 1.165) is 18.4 Å². The molecule has 0 atom stereocenters. The molecule has 0 spiro atoms. The minimum absolute atomic E-state index is 0.151. The minimum Gasteiger partial charge on any atom is -0.421 e. The van der Waals surface area contributed by atoms with E-state index in [0.29, 0.717) is 11.6 Å². The molecule has 27 heavy (non-hydrogen) atoms. The third-order valence-corrected chi connectivity index (χ3v) is 4.51. The van der Waals surface area contributed by atoms with Gasteiger partial charge in [0, 0.05) is 43.3 Å². The van der Waals surface area contributed by atoms with E-state index in [2.05, 4.69) is 9.97 Å². The SMILES string of the molecule is Cn1cc(-c2cc(S(C)(=O)=O)nc(Oc3ccc(F)cc3F)n2)ccc1=O. The molecule has 0 aliphatic heterocycles. The van der Waals surface area contributed by atoms with Crippen molar-refractivity contribution in [2.75, 3.05) is 6.26 Å². The summed E-state index contributed by atoms with van der Waals surface area (Å²) in [5, 5.41) is -0.348. The highest BCUT2D eigenvalue weighted by Gasteiger charge is 2.17. The number of ether oxygens (including phenoxy) is 1. The summed E-state index contributed by atoms with van der Waals surface area (Å²) in [5.41, 5.74) is 0.313. The van der Waals surface area contributed by atoms with Gasteiger partial charge in [-0.15, -0.1) is 0 Å². The lowest BCUT2D eigenvalue weighted by molar-refractivity contribution is 0.404. The summed E-state index contributed by atoms with van der Waals surface area (Å²) >= 11 is 0. The van der Waals surface area contributed by atoms with E-state index in [1.54, 1.807) is 0 Å². The van der Waals surface area contributed by atoms with Crippen LogP contribution in [-0.2, 0) is 16.9 Å². The molecule has 7 nitrogen and oxygen atoms in total. The number of aromatic nitrogens is 3. The van der Waals surface area contributed by atoms with Crippen molar-refractivity contribution in [1.82, 2.24) is 14.5 Å². The lowest BCUT2D eigenvalue weighted by Gasteiger charge is -2.09. The molecule has 0 N–H and O–H groups in total. The Hall–Kier alpha value is -3.14. The second-order valence-corrected chi connectivity index (χ2v) is 7.65. The van der Waals surface area contributed by atoms with Gasteiger partial charge in [0.15, 0.2) is 26.4 Å². The molecule has 0 aliphatic carbocycles. The number of sulfone groups is 1. The van der Waals surface area contributed by atoms with Crippen LogP contribution in [0.2, 0.25) is 0 Å². The molecule has 0 unspecified atom stereocenters. The number of nitrogens with zero attached hydrogens (tertiary/aromatic N) is 3. The third kappa shape index (κ3) is 4.17. The van der Waals surface area contributed by atoms with Crippen molar-refractivity contribution in [1.29, 1.82) is 0 Å². The first-order valence-corrected chi connectivity index (χ1v) is 9.42. The molecule has 3 rings (SSSR count). The fraction of sp³-hybridized carbons (Fsp3) is 0.118. The zero-order valence-electron chi connectivity index (χ0n) is 14.2. The molecule has 0 amide bonds. The van der Waals surface area contributed by atoms with Gasteiger partial charge in [-0.1, -0.05) is 0 Å². The number of aryl methyl sites for hydroxylation is 1. The largest absolute Gasteiger partial charge is 0.421 e. The Kier molecular flexibility index (Phi) is 4.75. The highest BCUT2D eigenvalue weighted by molar-refractivity contribution is 7.90. The average molecular weight is 393 g/mol. The van der Waals surface area contributed by atoms with Gasteiger partial charge in [-0.3, -0.25) is 4.79 Å². The van der Waals surface area contributed by atoms with E-state index in [1.165, 1.54) is 36.0 Å². The van der Waals surface area contributed by atoms with Crippen LogP contribution in [-0.4, -0.2) is 29.2 Å². The molecule has 0 aliphatic rings. The summed E-state index contributed by atoms with van der Waals surface area (Å²) in [4.78, 5) is 19.4. The second-order valence-electron chi connectivity index (χ2n) is 5.69. The van der Waals surface area contributed by atoms with Crippen LogP contribution in [0.25, 0.3) is 11.3 Å². The van der Waals surface area contributed by atoms with Gasteiger partial charge in [0.25, 0.3) is 0 Å². The smallest absolute Gasteiger partial charge is 0.323 e. The van der Waals surface area contributed by atoms with Gasteiger partial charge in [-0.05, 0) is 18.2 Å². The maximum atomic E-state index is 13.8. The topological polar surface area (TPSA) is 91.2 Å². The van der Waals surface area contributed by atoms with Crippen LogP contribution in [0.5, 0.6) is 11.8 Å². The lowest BCUT2D eigenvalue weighted by Crippen LogP contribution is -2.14. The maximum Gasteiger partial charge on any atom is 0.323 e. The van der Waals surface area contributed by atoms with E-state index in [-0.39, 0.29) is 22.0 Å². The Bertz CT molecular complexity index is 1190. The molecular formula is C17H13F2N3O4S. The van der Waals surface area contributed by atoms with Crippen LogP contribution in [0.4, 0.5) is 8.78 Å². The van der Waals surface area contributed by atoms with Crippen LogP contribution in [0.15, 0.2) is 52.4 Å². The number of hydrogen-bond donors (Lipinski definition) is 0. The van der Waals surface area contributed by atoms with Crippen molar-refractivity contribution >= 4 is 9.84 Å². The van der Waals surface area contributed by atoms with E-state index in [1.807, 2.05) is 0 Å². The van der Waals surface area contributed by atoms with Gasteiger partial charge in [0.05, 0.1) is 5.69 Å². The Labute approximate surface area is 152 Å². The second kappa shape index (κ2) is 6.88. The highest BCUT2D eigenvalue weighted by Crippen LogP contribution is 2.26. The average Bonchev–Trinajstić information content (AvgIpc) is 2.59. The highest BCUT2D eigenvalue weighted by atomic mass is 32.2. The molecule has 140 valence electrons. The van der Waals surface area contributed by atoms with Crippen molar-refractivity contribution in [2.24, 2.45) is 7.05 Å². The fourth-order valence-corrected chi connectivity index (χ4v) is 2.76. The van der Waals surface area contributed by atoms with Gasteiger partial charge >= 0.3 is 6.01 Å². The van der Waals surface area contributed by atoms with Gasteiger partial charge in [0.1, 0.15) is 5.82 Å². The third-order valence-electron chi connectivity index (χ3n) is 3.54. The van der Waals surface area contributed by atoms with E-state index in [4.69, 9.17) is 4.74 Å². The molecule has 0 saturated carbocycles. The zero-order valence-corrected chi connectivity index (χ0v) is 15.0. The Morgan fingerprint density at radius 1 is 1.07 bits per heavy atom. The molecule has 10 heteroatoms. The van der Waals surface area contributed by atoms with Crippen molar-refractivity contribution in [3.05, 3.63) is 64.6 Å². The molecule has 3 aromatic rings. The Morgan fingerprint density at radius 2 is 1.81 bits per heavy atom. The van der Waals surface area contributed by atoms with E-state index < -0.39 is 27.5 Å². The first-order chi connectivity index (χ1) is 12.6.